The van der Waals surface area contributed by atoms with Crippen molar-refractivity contribution in [2.24, 2.45) is 0 Å². The highest BCUT2D eigenvalue weighted by Gasteiger charge is 2.07. The molecule has 0 bridgehead atoms. The summed E-state index contributed by atoms with van der Waals surface area (Å²) in [6.07, 6.45) is 7.39. The first-order valence-corrected chi connectivity index (χ1v) is 5.21. The summed E-state index contributed by atoms with van der Waals surface area (Å²) in [7, 11) is 0. The molecular formula is C8H15IO2. The molecule has 11 heavy (non-hydrogen) atoms. The lowest BCUT2D eigenvalue weighted by atomic mass is 10.0. The van der Waals surface area contributed by atoms with Crippen LogP contribution in [-0.2, 0) is 4.79 Å². The van der Waals surface area contributed by atoms with Gasteiger partial charge in [-0.3, -0.25) is 4.79 Å². The van der Waals surface area contributed by atoms with E-state index in [-0.39, 0.29) is 0 Å². The molecule has 0 atom stereocenters. The van der Waals surface area contributed by atoms with Crippen molar-refractivity contribution in [3.05, 3.63) is 0 Å². The van der Waals surface area contributed by atoms with Gasteiger partial charge in [0.1, 0.15) is 0 Å². The molecule has 0 unspecified atom stereocenters. The number of hydrogen-bond donors (Lipinski definition) is 1. The van der Waals surface area contributed by atoms with E-state index in [1.807, 2.05) is 0 Å². The van der Waals surface area contributed by atoms with Gasteiger partial charge in [0.05, 0.1) is 0 Å². The molecule has 1 saturated carbocycles. The Labute approximate surface area is 81.5 Å². The van der Waals surface area contributed by atoms with E-state index in [2.05, 4.69) is 22.6 Å². The van der Waals surface area contributed by atoms with E-state index < -0.39 is 5.97 Å². The van der Waals surface area contributed by atoms with Gasteiger partial charge in [0.25, 0.3) is 5.97 Å². The highest BCUT2D eigenvalue weighted by atomic mass is 127. The number of halogens is 1. The predicted octanol–water partition coefficient (Wildman–Crippen LogP) is 2.85. The summed E-state index contributed by atoms with van der Waals surface area (Å²) in [5, 5.41) is 7.42. The molecule has 0 aromatic carbocycles. The third-order valence-corrected chi connectivity index (χ3v) is 2.78. The number of carbonyl (C=O) groups is 1. The molecular weight excluding hydrogens is 255 g/mol. The number of carboxylic acid groups (broad SMARTS) is 1. The minimum atomic E-state index is -0.833. The maximum atomic E-state index is 9.00. The van der Waals surface area contributed by atoms with Crippen molar-refractivity contribution in [3.63, 3.8) is 0 Å². The highest BCUT2D eigenvalue weighted by Crippen LogP contribution is 2.23. The summed E-state index contributed by atoms with van der Waals surface area (Å²) >= 11 is 2.56. The number of rotatable bonds is 0. The molecule has 1 N–H and O–H groups in total. The normalized spacial score (nSPS) is 18.4. The molecule has 2 nitrogen and oxygen atoms in total. The van der Waals surface area contributed by atoms with E-state index in [4.69, 9.17) is 9.90 Å². The molecule has 0 saturated heterocycles. The second-order valence-corrected chi connectivity index (χ2v) is 4.52. The summed E-state index contributed by atoms with van der Waals surface area (Å²) in [5.74, 6) is -0.833. The van der Waals surface area contributed by atoms with E-state index in [9.17, 15) is 0 Å². The number of alkyl halides is 1. The zero-order valence-corrected chi connectivity index (χ0v) is 9.00. The summed E-state index contributed by atoms with van der Waals surface area (Å²) in [6, 6.07) is 0. The molecule has 0 spiro atoms. The molecule has 0 heterocycles. The van der Waals surface area contributed by atoms with E-state index in [0.717, 1.165) is 10.8 Å². The van der Waals surface area contributed by atoms with E-state index in [1.54, 1.807) is 0 Å². The second kappa shape index (κ2) is 6.88. The van der Waals surface area contributed by atoms with Crippen LogP contribution >= 0.6 is 22.6 Å². The van der Waals surface area contributed by atoms with Gasteiger partial charge in [-0.25, -0.2) is 0 Å². The maximum absolute atomic E-state index is 9.00. The molecule has 1 aliphatic carbocycles. The lowest BCUT2D eigenvalue weighted by Crippen LogP contribution is -2.02. The number of aliphatic carboxylic acids is 1. The van der Waals surface area contributed by atoms with Crippen LogP contribution in [-0.4, -0.2) is 15.0 Å². The van der Waals surface area contributed by atoms with Crippen molar-refractivity contribution in [1.29, 1.82) is 0 Å². The van der Waals surface area contributed by atoms with E-state index in [0.29, 0.717) is 0 Å². The van der Waals surface area contributed by atoms with Crippen LogP contribution in [0.25, 0.3) is 0 Å². The fraction of sp³-hybridized carbons (Fsp3) is 0.875. The van der Waals surface area contributed by atoms with Crippen molar-refractivity contribution in [2.45, 2.75) is 43.0 Å². The van der Waals surface area contributed by atoms with Crippen molar-refractivity contribution >= 4 is 28.6 Å². The SMILES string of the molecule is CC(=O)O.IC1CCCCC1. The average molecular weight is 270 g/mol. The van der Waals surface area contributed by atoms with Crippen LogP contribution in [0, 0.1) is 0 Å². The van der Waals surface area contributed by atoms with Gasteiger partial charge in [-0.05, 0) is 12.8 Å². The Hall–Kier alpha value is 0.200. The first-order chi connectivity index (χ1) is 5.13. The fourth-order valence-electron chi connectivity index (χ4n) is 1.05. The summed E-state index contributed by atoms with van der Waals surface area (Å²) in [5.41, 5.74) is 0. The molecule has 0 aromatic heterocycles. The summed E-state index contributed by atoms with van der Waals surface area (Å²) < 4.78 is 1.01. The van der Waals surface area contributed by atoms with Crippen LogP contribution in [0.2, 0.25) is 0 Å². The van der Waals surface area contributed by atoms with Crippen LogP contribution in [0.1, 0.15) is 39.0 Å². The van der Waals surface area contributed by atoms with Gasteiger partial charge < -0.3 is 5.11 Å². The molecule has 0 aliphatic heterocycles. The smallest absolute Gasteiger partial charge is 0.300 e. The lowest BCUT2D eigenvalue weighted by Gasteiger charge is -2.13. The van der Waals surface area contributed by atoms with Crippen LogP contribution in [0.4, 0.5) is 0 Å². The van der Waals surface area contributed by atoms with Gasteiger partial charge >= 0.3 is 0 Å². The van der Waals surface area contributed by atoms with Crippen molar-refractivity contribution in [1.82, 2.24) is 0 Å². The average Bonchev–Trinajstić information content (AvgIpc) is 1.87. The molecule has 0 aromatic rings. The van der Waals surface area contributed by atoms with Gasteiger partial charge in [-0.1, -0.05) is 41.9 Å². The van der Waals surface area contributed by atoms with Gasteiger partial charge in [0, 0.05) is 10.8 Å². The minimum absolute atomic E-state index is 0.833. The monoisotopic (exact) mass is 270 g/mol. The van der Waals surface area contributed by atoms with Crippen molar-refractivity contribution in [3.8, 4) is 0 Å². The predicted molar refractivity (Wildman–Crippen MR) is 54.2 cm³/mol. The summed E-state index contributed by atoms with van der Waals surface area (Å²) in [4.78, 5) is 9.00. The molecule has 1 fully saturated rings. The largest absolute Gasteiger partial charge is 0.481 e. The Balaban J connectivity index is 0.000000218. The van der Waals surface area contributed by atoms with E-state index >= 15 is 0 Å². The van der Waals surface area contributed by atoms with Gasteiger partial charge in [-0.2, -0.15) is 0 Å². The molecule has 1 rings (SSSR count). The zero-order chi connectivity index (χ0) is 8.69. The Kier molecular flexibility index (Phi) is 7.01. The fourth-order valence-corrected chi connectivity index (χ4v) is 1.93. The molecule has 0 radical (unpaired) electrons. The number of carboxylic acids is 1. The van der Waals surface area contributed by atoms with Crippen LogP contribution in [0.5, 0.6) is 0 Å². The van der Waals surface area contributed by atoms with Crippen LogP contribution < -0.4 is 0 Å². The lowest BCUT2D eigenvalue weighted by molar-refractivity contribution is -0.134. The number of hydrogen-bond acceptors (Lipinski definition) is 1. The van der Waals surface area contributed by atoms with Crippen LogP contribution in [0.3, 0.4) is 0 Å². The molecule has 66 valence electrons. The van der Waals surface area contributed by atoms with Gasteiger partial charge in [-0.15, -0.1) is 0 Å². The second-order valence-electron chi connectivity index (χ2n) is 2.75. The van der Waals surface area contributed by atoms with Gasteiger partial charge in [0.2, 0.25) is 0 Å². The zero-order valence-electron chi connectivity index (χ0n) is 6.85. The van der Waals surface area contributed by atoms with Crippen molar-refractivity contribution in [2.75, 3.05) is 0 Å². The first-order valence-electron chi connectivity index (χ1n) is 3.96. The highest BCUT2D eigenvalue weighted by molar-refractivity contribution is 14.1. The third-order valence-electron chi connectivity index (χ3n) is 1.53. The standard InChI is InChI=1S/C6H11I.C2H4O2/c7-6-4-2-1-3-5-6;1-2(3)4/h6H,1-5H2;1H3,(H,3,4). The Morgan fingerprint density at radius 1 is 1.36 bits per heavy atom. The molecule has 3 heteroatoms. The van der Waals surface area contributed by atoms with Gasteiger partial charge in [0.15, 0.2) is 0 Å². The minimum Gasteiger partial charge on any atom is -0.481 e. The Morgan fingerprint density at radius 2 is 1.73 bits per heavy atom. The summed E-state index contributed by atoms with van der Waals surface area (Å²) in [6.45, 7) is 1.08. The maximum Gasteiger partial charge on any atom is 0.300 e. The quantitative estimate of drug-likeness (QED) is 0.543. The first kappa shape index (κ1) is 11.2. The van der Waals surface area contributed by atoms with Crippen molar-refractivity contribution < 1.29 is 9.90 Å². The van der Waals surface area contributed by atoms with E-state index in [1.165, 1.54) is 32.1 Å². The molecule has 1 aliphatic rings. The third kappa shape index (κ3) is 10.2. The molecule has 0 amide bonds. The Bertz CT molecular complexity index is 105. The van der Waals surface area contributed by atoms with Crippen LogP contribution in [0.15, 0.2) is 0 Å². The Morgan fingerprint density at radius 3 is 1.91 bits per heavy atom. The topological polar surface area (TPSA) is 37.3 Å².